The molecule has 5 heterocycles. The van der Waals surface area contributed by atoms with Gasteiger partial charge in [-0.2, -0.15) is 13.2 Å². The summed E-state index contributed by atoms with van der Waals surface area (Å²) in [4.78, 5) is 16.3. The second-order valence-electron chi connectivity index (χ2n) is 9.31. The SMILES string of the molecule is O=S(=O)([O-])C(F)(F)F.O=[N+]([O-])c1cc[c-]c2c1ccc1cccnc12.[N-]=[N+]=[N-].[Pd].c1cnn([B-](n2cccn2)(n2cccn2)n2cccn2)c1. The Labute approximate surface area is 292 Å². The number of nitro groups is 1. The summed E-state index contributed by atoms with van der Waals surface area (Å²) < 4.78 is 66.2. The van der Waals surface area contributed by atoms with Gasteiger partial charge in [0.15, 0.2) is 15.8 Å². The van der Waals surface area contributed by atoms with Gasteiger partial charge >= 0.3 is 12.2 Å². The minimum Gasteiger partial charge on any atom is -0.741 e. The molecule has 0 spiro atoms. The van der Waals surface area contributed by atoms with E-state index in [4.69, 9.17) is 24.0 Å². The zero-order chi connectivity index (χ0) is 35.7. The van der Waals surface area contributed by atoms with E-state index in [0.29, 0.717) is 10.8 Å². The molecule has 0 fully saturated rings. The number of hydrogen-bond acceptors (Lipinski definition) is 10. The summed E-state index contributed by atoms with van der Waals surface area (Å²) in [5.74, 6) is 0. The summed E-state index contributed by atoms with van der Waals surface area (Å²) in [5, 5.41) is 30.8. The molecule has 0 N–H and O–H groups in total. The normalized spacial score (nSPS) is 11.0. The van der Waals surface area contributed by atoms with Crippen LogP contribution in [0.1, 0.15) is 0 Å². The molecule has 0 aliphatic carbocycles. The third-order valence-corrected chi connectivity index (χ3v) is 7.09. The van der Waals surface area contributed by atoms with Crippen molar-refractivity contribution in [1.82, 2.24) is 43.7 Å². The summed E-state index contributed by atoms with van der Waals surface area (Å²) in [7, 11) is -6.09. The van der Waals surface area contributed by atoms with E-state index < -0.39 is 22.3 Å². The molecule has 0 atom stereocenters. The van der Waals surface area contributed by atoms with Crippen LogP contribution in [0.4, 0.5) is 18.9 Å². The molecule has 0 aliphatic rings. The van der Waals surface area contributed by atoms with E-state index >= 15 is 0 Å². The van der Waals surface area contributed by atoms with Crippen LogP contribution in [-0.4, -0.2) is 73.8 Å². The Morgan fingerprint density at radius 3 is 1.60 bits per heavy atom. The first-order valence-corrected chi connectivity index (χ1v) is 14.7. The Balaban J connectivity index is 0.000000210. The summed E-state index contributed by atoms with van der Waals surface area (Å²) in [6.45, 7) is -1.83. The van der Waals surface area contributed by atoms with Crippen molar-refractivity contribution in [1.29, 1.82) is 0 Å². The van der Waals surface area contributed by atoms with Gasteiger partial charge in [-0.25, -0.2) is 28.8 Å². The summed E-state index contributed by atoms with van der Waals surface area (Å²) >= 11 is 0. The maximum Gasteiger partial charge on any atom is 0.485 e. The predicted octanol–water partition coefficient (Wildman–Crippen LogP) is 4.41. The Morgan fingerprint density at radius 1 is 0.800 bits per heavy atom. The number of pyridine rings is 1. The Bertz CT molecular complexity index is 2130. The first-order valence-electron chi connectivity index (χ1n) is 13.3. The summed E-state index contributed by atoms with van der Waals surface area (Å²) in [6.07, 6.45) is 16.1. The number of nitro benzene ring substituents is 1. The second kappa shape index (κ2) is 16.5. The molecule has 7 aromatic rings. The largest absolute Gasteiger partial charge is 0.741 e. The van der Waals surface area contributed by atoms with Crippen LogP contribution in [0.5, 0.6) is 0 Å². The van der Waals surface area contributed by atoms with Crippen molar-refractivity contribution in [2.24, 2.45) is 0 Å². The molecule has 24 heteroatoms. The van der Waals surface area contributed by atoms with Crippen molar-refractivity contribution >= 4 is 44.2 Å². The fraction of sp³-hybridized carbons (Fsp3) is 0.0385. The van der Waals surface area contributed by atoms with Crippen LogP contribution >= 0.6 is 0 Å². The number of benzene rings is 2. The van der Waals surface area contributed by atoms with Crippen molar-refractivity contribution in [2.75, 3.05) is 0 Å². The predicted molar refractivity (Wildman–Crippen MR) is 167 cm³/mol. The first kappa shape index (κ1) is 38.5. The number of nitrogens with zero attached hydrogens (tertiary/aromatic N) is 13. The molecular weight excluding hydrogens is 781 g/mol. The molecule has 18 nitrogen and oxygen atoms in total. The number of fused-ring (bicyclic) bond motifs is 3. The number of alkyl halides is 3. The fourth-order valence-electron chi connectivity index (χ4n) is 4.63. The Hall–Kier alpha value is -5.91. The third kappa shape index (κ3) is 8.20. The first-order chi connectivity index (χ1) is 23.4. The molecule has 0 radical (unpaired) electrons. The number of hydrogen-bond donors (Lipinski definition) is 0. The molecule has 0 bridgehead atoms. The minimum atomic E-state index is -6.09. The van der Waals surface area contributed by atoms with Crippen molar-refractivity contribution in [3.05, 3.63) is 149 Å². The molecule has 5 aromatic heterocycles. The zero-order valence-corrected chi connectivity index (χ0v) is 27.1. The molecule has 7 rings (SSSR count). The monoisotopic (exact) mass is 799 g/mol. The van der Waals surface area contributed by atoms with E-state index in [1.165, 1.54) is 11.0 Å². The van der Waals surface area contributed by atoms with Crippen LogP contribution in [0.25, 0.3) is 37.6 Å². The third-order valence-electron chi connectivity index (χ3n) is 6.52. The van der Waals surface area contributed by atoms with Crippen molar-refractivity contribution in [3.8, 4) is 0 Å². The van der Waals surface area contributed by atoms with Crippen molar-refractivity contribution < 1.29 is 51.5 Å². The summed E-state index contributed by atoms with van der Waals surface area (Å²) in [6, 6.07) is 20.9. The van der Waals surface area contributed by atoms with E-state index in [1.54, 1.807) is 43.1 Å². The van der Waals surface area contributed by atoms with Crippen molar-refractivity contribution in [2.45, 2.75) is 5.51 Å². The van der Waals surface area contributed by atoms with Gasteiger partial charge in [0.05, 0.1) is 0 Å². The standard InChI is InChI=1S/C13H7N2O2.C12H12BN8.CHF3O3S.N3.Pd/c16-15(17)12-5-1-4-11-10(12)7-6-9-3-2-8-14-13(9)11;1-5-14-18(9-1)13(19-10-2-6-15-19,20-11-3-7-16-20)21-12-4-8-17-21;2-1(3,4)8(5,6)7;1-3-2;/h1-3,5-8H;1-12H;(H,5,6,7);;/q2*-1;;-1;/p-1. The van der Waals surface area contributed by atoms with Gasteiger partial charge in [0.25, 0.3) is 0 Å². The quantitative estimate of drug-likeness (QED) is 0.0227. The van der Waals surface area contributed by atoms with E-state index in [9.17, 15) is 23.3 Å². The van der Waals surface area contributed by atoms with Gasteiger partial charge in [0.1, 0.15) is 0 Å². The van der Waals surface area contributed by atoms with Gasteiger partial charge in [-0.3, -0.25) is 15.0 Å². The van der Waals surface area contributed by atoms with Crippen LogP contribution in [0.3, 0.4) is 0 Å². The molecular formula is C26H19BF3N13O5PdS-4. The number of non-ortho nitro benzene ring substituents is 1. The molecule has 0 saturated carbocycles. The van der Waals surface area contributed by atoms with E-state index in [0.717, 1.165) is 10.9 Å². The van der Waals surface area contributed by atoms with E-state index in [1.807, 2.05) is 85.6 Å². The van der Waals surface area contributed by atoms with Crippen LogP contribution < -0.4 is 0 Å². The van der Waals surface area contributed by atoms with Gasteiger partial charge in [0.2, 0.25) is 0 Å². The smallest absolute Gasteiger partial charge is 0.485 e. The number of aromatic nitrogens is 9. The molecule has 0 saturated heterocycles. The van der Waals surface area contributed by atoms with Crippen LogP contribution in [-0.2, 0) is 30.5 Å². The molecule has 262 valence electrons. The topological polar surface area (TPSA) is 243 Å². The van der Waals surface area contributed by atoms with E-state index in [2.05, 4.69) is 31.4 Å². The fourth-order valence-corrected chi connectivity index (χ4v) is 4.63. The average molecular weight is 800 g/mol. The molecule has 0 aliphatic heterocycles. The minimum absolute atomic E-state index is 0. The second-order valence-corrected chi connectivity index (χ2v) is 10.7. The molecule has 2 aromatic carbocycles. The van der Waals surface area contributed by atoms with Gasteiger partial charge < -0.3 is 39.0 Å². The van der Waals surface area contributed by atoms with Crippen LogP contribution in [0, 0.1) is 16.2 Å². The maximum atomic E-state index is 10.9. The van der Waals surface area contributed by atoms with Crippen LogP contribution in [0.15, 0.2) is 116 Å². The van der Waals surface area contributed by atoms with Gasteiger partial charge in [-0.1, -0.05) is 24.3 Å². The van der Waals surface area contributed by atoms with Gasteiger partial charge in [0, 0.05) is 56.3 Å². The van der Waals surface area contributed by atoms with Crippen LogP contribution in [0.2, 0.25) is 0 Å². The van der Waals surface area contributed by atoms with Crippen molar-refractivity contribution in [3.63, 3.8) is 0 Å². The maximum absolute atomic E-state index is 10.9. The number of halogens is 3. The average Bonchev–Trinajstić information content (AvgIpc) is 3.91. The van der Waals surface area contributed by atoms with E-state index in [-0.39, 0.29) is 31.0 Å². The summed E-state index contributed by atoms with van der Waals surface area (Å²) in [5.41, 5.74) is 8.69. The molecule has 0 amide bonds. The van der Waals surface area contributed by atoms with Gasteiger partial charge in [-0.05, 0) is 71.4 Å². The molecule has 0 unspecified atom stereocenters. The Kier molecular flexibility index (Phi) is 12.7. The van der Waals surface area contributed by atoms with Gasteiger partial charge in [-0.15, -0.1) is 17.5 Å². The number of rotatable bonds is 5. The zero-order valence-electron chi connectivity index (χ0n) is 24.8. The Morgan fingerprint density at radius 2 is 1.24 bits per heavy atom. The molecule has 50 heavy (non-hydrogen) atoms.